The van der Waals surface area contributed by atoms with Crippen molar-refractivity contribution >= 4 is 117 Å². The third-order valence-corrected chi connectivity index (χ3v) is 12.6. The molecule has 0 bridgehead atoms. The Bertz CT molecular complexity index is 3530. The van der Waals surface area contributed by atoms with Crippen molar-refractivity contribution in [3.05, 3.63) is 83.9 Å². The molecule has 7 N–H and O–H groups in total. The first-order valence-corrected chi connectivity index (χ1v) is 23.1. The number of para-hydroxylation sites is 2. The van der Waals surface area contributed by atoms with Crippen LogP contribution < -0.4 is 9.47 Å². The minimum atomic E-state index is -5.08. The molecule has 0 fully saturated rings. The number of nitriles is 1. The Kier molecular flexibility index (Phi) is 14.8. The Morgan fingerprint density at radius 3 is 2.13 bits per heavy atom. The molecule has 0 spiro atoms. The third-order valence-electron chi connectivity index (χ3n) is 9.62. The van der Waals surface area contributed by atoms with Gasteiger partial charge in [0.2, 0.25) is 11.0 Å². The van der Waals surface area contributed by atoms with Crippen LogP contribution in [0.5, 0.6) is 23.1 Å². The summed E-state index contributed by atoms with van der Waals surface area (Å²) in [6.07, 6.45) is 0. The van der Waals surface area contributed by atoms with E-state index in [1.165, 1.54) is 40.9 Å². The van der Waals surface area contributed by atoms with Crippen molar-refractivity contribution in [2.24, 2.45) is 30.7 Å². The number of pyridine rings is 1. The van der Waals surface area contributed by atoms with E-state index in [1.54, 1.807) is 42.5 Å². The molecule has 0 aliphatic rings. The van der Waals surface area contributed by atoms with Crippen LogP contribution in [-0.4, -0.2) is 84.7 Å². The second kappa shape index (κ2) is 21.1. The molecule has 3 heterocycles. The van der Waals surface area contributed by atoms with Crippen molar-refractivity contribution < 1.29 is 72.1 Å². The molecule has 29 heteroatoms. The lowest BCUT2D eigenvalue weighted by atomic mass is 10.1. The monoisotopic (exact) mass is 1020 g/mol. The van der Waals surface area contributed by atoms with Gasteiger partial charge in [0.05, 0.1) is 63.4 Å². The Balaban J connectivity index is 1.22. The Morgan fingerprint density at radius 1 is 0.783 bits per heavy atom. The van der Waals surface area contributed by atoms with Crippen LogP contribution in [0.1, 0.15) is 11.1 Å². The van der Waals surface area contributed by atoms with Gasteiger partial charge in [-0.3, -0.25) is 8.95 Å². The van der Waals surface area contributed by atoms with Crippen molar-refractivity contribution in [1.29, 1.82) is 5.26 Å². The van der Waals surface area contributed by atoms with Gasteiger partial charge in [-0.15, -0.1) is 39.4 Å². The number of fused-ring (bicyclic) bond motifs is 5. The van der Waals surface area contributed by atoms with E-state index in [2.05, 4.69) is 65.5 Å². The normalized spacial score (nSPS) is 12.2. The number of ether oxygens (including phenoxy) is 2. The zero-order chi connectivity index (χ0) is 48.8. The molecule has 0 aliphatic heterocycles. The van der Waals surface area contributed by atoms with Gasteiger partial charge in [-0.05, 0) is 60.8 Å². The largest absolute Gasteiger partial charge is 0.505 e. The molecule has 25 nitrogen and oxygen atoms in total. The number of aliphatic hydroxyl groups is 2. The molecule has 0 aliphatic carbocycles. The summed E-state index contributed by atoms with van der Waals surface area (Å²) in [4.78, 5) is 8.58. The zero-order valence-corrected chi connectivity index (χ0v) is 38.0. The average Bonchev–Trinajstić information content (AvgIpc) is 3.94. The third kappa shape index (κ3) is 10.2. The minimum absolute atomic E-state index is 0.0182. The van der Waals surface area contributed by atoms with Crippen LogP contribution >= 0.6 is 35.4 Å². The van der Waals surface area contributed by atoms with E-state index in [-0.39, 0.29) is 85.0 Å². The molecule has 8 aromatic rings. The van der Waals surface area contributed by atoms with Crippen molar-refractivity contribution in [1.82, 2.24) is 14.4 Å². The van der Waals surface area contributed by atoms with Crippen LogP contribution in [0, 0.1) is 18.3 Å². The standard InChI is InChI=1S/C40H30N10O15S4/c1-19-23(18-41)38-42-24-4-2-3-5-29(24)50(38)39(54)35(19)47-46-28-15-22-20(13-34(28)69(57,58)59)12-33(68-65-63-56)36(37(22)53)48-44-26-16-31(61-11-9-52)27(17-30(26)60-10-8-51)45-49-40-43-25-7-6-21(67-64-62-55)14-32(25)66-40/h2-7,12-17,51-56H,8-11H2,1H3,(H,57,58,59). The SMILES string of the molecule is Cc1c(N=Nc2cc3c(O)c(N=Nc4cc(OCCO)c(N=Nc5nc6ccc(SOOO)cc6s5)cc4OCCO)c(SOOO)cc3cc2S(=O)(=O)O)c(O)n2c(nc3ccccc32)c1C#N. The summed E-state index contributed by atoms with van der Waals surface area (Å²) in [5, 5.41) is 103. The highest BCUT2D eigenvalue weighted by molar-refractivity contribution is 7.95. The second-order valence-corrected chi connectivity index (χ2v) is 17.7. The number of phenolic OH excluding ortho intramolecular Hbond substituents is 1. The lowest BCUT2D eigenvalue weighted by Crippen LogP contribution is -2.04. The number of phenols is 1. The van der Waals surface area contributed by atoms with E-state index in [9.17, 15) is 38.7 Å². The summed E-state index contributed by atoms with van der Waals surface area (Å²) in [7, 11) is -5.08. The molecule has 5 aromatic carbocycles. The first-order valence-electron chi connectivity index (χ1n) is 19.3. The van der Waals surface area contributed by atoms with E-state index in [0.717, 1.165) is 24.2 Å². The highest BCUT2D eigenvalue weighted by atomic mass is 32.2. The van der Waals surface area contributed by atoms with Gasteiger partial charge in [-0.1, -0.05) is 33.5 Å². The van der Waals surface area contributed by atoms with Crippen LogP contribution in [0.3, 0.4) is 0 Å². The lowest BCUT2D eigenvalue weighted by Gasteiger charge is -2.13. The van der Waals surface area contributed by atoms with Crippen molar-refractivity contribution in [2.45, 2.75) is 21.6 Å². The summed E-state index contributed by atoms with van der Waals surface area (Å²) in [6.45, 7) is 0.198. The van der Waals surface area contributed by atoms with E-state index < -0.39 is 45.5 Å². The maximum atomic E-state index is 12.8. The van der Waals surface area contributed by atoms with Crippen molar-refractivity contribution in [2.75, 3.05) is 26.4 Å². The Labute approximate surface area is 398 Å². The van der Waals surface area contributed by atoms with Crippen LogP contribution in [-0.2, 0) is 28.9 Å². The van der Waals surface area contributed by atoms with Gasteiger partial charge in [0, 0.05) is 28.0 Å². The maximum Gasteiger partial charge on any atom is 0.296 e. The fourth-order valence-electron chi connectivity index (χ4n) is 6.66. The quantitative estimate of drug-likeness (QED) is 0.0130. The summed E-state index contributed by atoms with van der Waals surface area (Å²) in [6, 6.07) is 19.8. The van der Waals surface area contributed by atoms with E-state index >= 15 is 0 Å². The Hall–Kier alpha value is -7.02. The average molecular weight is 1020 g/mol. The number of hydrogen-bond donors (Lipinski definition) is 7. The molecular weight excluding hydrogens is 989 g/mol. The van der Waals surface area contributed by atoms with Gasteiger partial charge < -0.3 is 29.9 Å². The molecular formula is C40H30N10O15S4. The van der Waals surface area contributed by atoms with Crippen LogP contribution in [0.25, 0.3) is 37.7 Å². The van der Waals surface area contributed by atoms with Gasteiger partial charge >= 0.3 is 0 Å². The summed E-state index contributed by atoms with van der Waals surface area (Å²) in [5.41, 5.74) is 0.649. The number of azo groups is 3. The fourth-order valence-corrected chi connectivity index (χ4v) is 9.10. The minimum Gasteiger partial charge on any atom is -0.505 e. The van der Waals surface area contributed by atoms with Gasteiger partial charge in [0.1, 0.15) is 64.0 Å². The summed E-state index contributed by atoms with van der Waals surface area (Å²) < 4.78 is 58.6. The van der Waals surface area contributed by atoms with Crippen LogP contribution in [0.15, 0.2) is 118 Å². The molecule has 0 saturated carbocycles. The molecule has 3 aromatic heterocycles. The Morgan fingerprint density at radius 2 is 1.45 bits per heavy atom. The predicted molar refractivity (Wildman–Crippen MR) is 244 cm³/mol. The number of nitrogens with zero attached hydrogens (tertiary/aromatic N) is 10. The van der Waals surface area contributed by atoms with Crippen LogP contribution in [0.4, 0.5) is 33.6 Å². The highest BCUT2D eigenvalue weighted by Gasteiger charge is 2.25. The molecule has 0 atom stereocenters. The first-order chi connectivity index (χ1) is 33.4. The first kappa shape index (κ1) is 48.4. The number of aromatic nitrogens is 3. The van der Waals surface area contributed by atoms with E-state index in [1.807, 2.05) is 0 Å². The number of hydrogen-bond acceptors (Lipinski definition) is 26. The number of thiazole rings is 1. The smallest absolute Gasteiger partial charge is 0.296 e. The molecule has 69 heavy (non-hydrogen) atoms. The maximum absolute atomic E-state index is 12.8. The molecule has 8 rings (SSSR count). The van der Waals surface area contributed by atoms with E-state index in [0.29, 0.717) is 38.2 Å². The molecule has 0 unspecified atom stereocenters. The molecule has 0 amide bonds. The highest BCUT2D eigenvalue weighted by Crippen LogP contribution is 2.48. The zero-order valence-electron chi connectivity index (χ0n) is 34.8. The predicted octanol–water partition coefficient (Wildman–Crippen LogP) is 9.93. The van der Waals surface area contributed by atoms with Gasteiger partial charge in [-0.2, -0.15) is 13.7 Å². The van der Waals surface area contributed by atoms with Gasteiger partial charge in [-0.25, -0.2) is 20.5 Å². The second-order valence-electron chi connectivity index (χ2n) is 13.7. The summed E-state index contributed by atoms with van der Waals surface area (Å²) in [5.74, 6) is -1.17. The molecule has 0 radical (unpaired) electrons. The molecule has 0 saturated heterocycles. The van der Waals surface area contributed by atoms with E-state index in [4.69, 9.17) is 20.0 Å². The van der Waals surface area contributed by atoms with Crippen molar-refractivity contribution in [3.8, 4) is 29.2 Å². The lowest BCUT2D eigenvalue weighted by molar-refractivity contribution is -0.432. The molecule has 354 valence electrons. The van der Waals surface area contributed by atoms with Crippen LogP contribution in [0.2, 0.25) is 0 Å². The van der Waals surface area contributed by atoms with Gasteiger partial charge in [0.15, 0.2) is 17.1 Å². The number of imidazole rings is 1. The van der Waals surface area contributed by atoms with Gasteiger partial charge in [0.25, 0.3) is 10.1 Å². The van der Waals surface area contributed by atoms with Crippen molar-refractivity contribution in [3.63, 3.8) is 0 Å². The number of benzene rings is 5. The summed E-state index contributed by atoms with van der Waals surface area (Å²) >= 11 is 2.25. The topological polar surface area (TPSA) is 359 Å². The number of aromatic hydroxyl groups is 2. The number of aliphatic hydroxyl groups excluding tert-OH is 2. The fraction of sp³-hybridized carbons (Fsp3) is 0.125. The number of rotatable bonds is 19.